The van der Waals surface area contributed by atoms with Crippen LogP contribution in [0, 0.1) is 6.92 Å². The Labute approximate surface area is 136 Å². The number of aldehydes is 1. The molecule has 0 unspecified atom stereocenters. The summed E-state index contributed by atoms with van der Waals surface area (Å²) in [5, 5.41) is 4.41. The lowest BCUT2D eigenvalue weighted by molar-refractivity contribution is 0.00578. The zero-order valence-corrected chi connectivity index (χ0v) is 14.2. The Kier molecular flexibility index (Phi) is 3.69. The molecule has 1 fully saturated rings. The average molecular weight is 312 g/mol. The van der Waals surface area contributed by atoms with E-state index in [1.807, 2.05) is 52.9 Å². The van der Waals surface area contributed by atoms with Gasteiger partial charge in [0.15, 0.2) is 0 Å². The minimum absolute atomic E-state index is 0.374. The van der Waals surface area contributed by atoms with Crippen molar-refractivity contribution in [3.63, 3.8) is 0 Å². The first-order chi connectivity index (χ1) is 10.7. The summed E-state index contributed by atoms with van der Waals surface area (Å²) in [5.74, 6) is 0. The van der Waals surface area contributed by atoms with Crippen LogP contribution in [0.25, 0.3) is 5.69 Å². The van der Waals surface area contributed by atoms with Crippen molar-refractivity contribution in [3.8, 4) is 5.69 Å². The van der Waals surface area contributed by atoms with Crippen LogP contribution in [0.5, 0.6) is 0 Å². The first kappa shape index (κ1) is 16.0. The fourth-order valence-corrected chi connectivity index (χ4v) is 2.58. The van der Waals surface area contributed by atoms with Crippen LogP contribution in [0.15, 0.2) is 30.6 Å². The fourth-order valence-electron chi connectivity index (χ4n) is 2.58. The van der Waals surface area contributed by atoms with Crippen LogP contribution in [0.2, 0.25) is 0 Å². The zero-order valence-electron chi connectivity index (χ0n) is 14.2. The molecule has 3 rings (SSSR count). The fraction of sp³-hybridized carbons (Fsp3) is 0.412. The van der Waals surface area contributed by atoms with E-state index in [9.17, 15) is 4.79 Å². The Bertz CT molecular complexity index is 736. The van der Waals surface area contributed by atoms with Gasteiger partial charge in [0.2, 0.25) is 0 Å². The number of hydrogen-bond acceptors (Lipinski definition) is 4. The Hall–Kier alpha value is -1.92. The molecular weight excluding hydrogens is 291 g/mol. The lowest BCUT2D eigenvalue weighted by Gasteiger charge is -2.32. The molecule has 1 aliphatic rings. The summed E-state index contributed by atoms with van der Waals surface area (Å²) in [7, 11) is -0.427. The lowest BCUT2D eigenvalue weighted by atomic mass is 9.82. The van der Waals surface area contributed by atoms with Crippen LogP contribution < -0.4 is 5.46 Å². The molecule has 120 valence electrons. The van der Waals surface area contributed by atoms with Crippen LogP contribution >= 0.6 is 0 Å². The van der Waals surface area contributed by atoms with Crippen molar-refractivity contribution in [2.45, 2.75) is 45.8 Å². The average Bonchev–Trinajstić information content (AvgIpc) is 3.02. The van der Waals surface area contributed by atoms with Gasteiger partial charge in [-0.15, -0.1) is 0 Å². The molecule has 0 aliphatic carbocycles. The summed E-state index contributed by atoms with van der Waals surface area (Å²) in [5.41, 5.74) is 2.70. The van der Waals surface area contributed by atoms with E-state index in [4.69, 9.17) is 9.31 Å². The predicted molar refractivity (Wildman–Crippen MR) is 89.4 cm³/mol. The number of aromatic nitrogens is 2. The second-order valence-electron chi connectivity index (χ2n) is 6.97. The number of hydrogen-bond donors (Lipinski definition) is 0. The van der Waals surface area contributed by atoms with Gasteiger partial charge in [0.25, 0.3) is 0 Å². The van der Waals surface area contributed by atoms with E-state index in [-0.39, 0.29) is 11.2 Å². The number of aryl methyl sites for hydroxylation is 1. The largest absolute Gasteiger partial charge is 0.498 e. The van der Waals surface area contributed by atoms with E-state index in [0.29, 0.717) is 5.56 Å². The topological polar surface area (TPSA) is 53.4 Å². The van der Waals surface area contributed by atoms with E-state index >= 15 is 0 Å². The Morgan fingerprint density at radius 1 is 1.17 bits per heavy atom. The van der Waals surface area contributed by atoms with Gasteiger partial charge in [0.1, 0.15) is 6.29 Å². The maximum absolute atomic E-state index is 10.9. The smallest absolute Gasteiger partial charge is 0.399 e. The second kappa shape index (κ2) is 5.32. The maximum Gasteiger partial charge on any atom is 0.498 e. The molecule has 0 radical (unpaired) electrons. The number of benzene rings is 1. The van der Waals surface area contributed by atoms with Crippen molar-refractivity contribution in [2.75, 3.05) is 0 Å². The van der Waals surface area contributed by atoms with E-state index in [2.05, 4.69) is 5.10 Å². The van der Waals surface area contributed by atoms with Crippen molar-refractivity contribution in [2.24, 2.45) is 0 Å². The number of carbonyl (C=O) groups is 1. The van der Waals surface area contributed by atoms with Crippen LogP contribution in [0.1, 0.15) is 43.6 Å². The van der Waals surface area contributed by atoms with Gasteiger partial charge in [0, 0.05) is 23.4 Å². The molecule has 0 N–H and O–H groups in total. The minimum Gasteiger partial charge on any atom is -0.399 e. The van der Waals surface area contributed by atoms with Crippen molar-refractivity contribution < 1.29 is 14.1 Å². The molecule has 0 saturated carbocycles. The van der Waals surface area contributed by atoms with E-state index in [1.54, 1.807) is 16.9 Å². The molecule has 1 saturated heterocycles. The highest BCUT2D eigenvalue weighted by Crippen LogP contribution is 2.36. The highest BCUT2D eigenvalue weighted by Gasteiger charge is 2.52. The summed E-state index contributed by atoms with van der Waals surface area (Å²) in [6.07, 6.45) is 4.51. The number of nitrogens with zero attached hydrogens (tertiary/aromatic N) is 2. The molecule has 0 bridgehead atoms. The number of rotatable bonds is 3. The van der Waals surface area contributed by atoms with Gasteiger partial charge in [-0.3, -0.25) is 4.79 Å². The van der Waals surface area contributed by atoms with E-state index < -0.39 is 7.12 Å². The maximum atomic E-state index is 10.9. The summed E-state index contributed by atoms with van der Waals surface area (Å²) in [6, 6.07) is 5.52. The quantitative estimate of drug-likeness (QED) is 0.644. The molecule has 2 aromatic rings. The van der Waals surface area contributed by atoms with Gasteiger partial charge in [-0.25, -0.2) is 4.68 Å². The molecular formula is C17H21BN2O3. The summed E-state index contributed by atoms with van der Waals surface area (Å²) >= 11 is 0. The van der Waals surface area contributed by atoms with E-state index in [0.717, 1.165) is 23.0 Å². The van der Waals surface area contributed by atoms with Crippen molar-refractivity contribution >= 4 is 18.9 Å². The molecule has 1 aromatic carbocycles. The second-order valence-corrected chi connectivity index (χ2v) is 6.97. The Balaban J connectivity index is 1.89. The van der Waals surface area contributed by atoms with Gasteiger partial charge in [-0.2, -0.15) is 5.10 Å². The lowest BCUT2D eigenvalue weighted by Crippen LogP contribution is -2.41. The standard InChI is InChI=1S/C17H21BN2O3/c1-12-8-13(11-21)6-7-15(12)20-10-14(9-19-20)18-22-16(2,3)17(4,5)23-18/h6-11H,1-5H3. The molecule has 0 spiro atoms. The van der Waals surface area contributed by atoms with Crippen LogP contribution in [-0.4, -0.2) is 34.4 Å². The highest BCUT2D eigenvalue weighted by atomic mass is 16.7. The van der Waals surface area contributed by atoms with Gasteiger partial charge in [0.05, 0.1) is 16.9 Å². The predicted octanol–water partition coefficient (Wildman–Crippen LogP) is 2.29. The highest BCUT2D eigenvalue weighted by molar-refractivity contribution is 6.62. The minimum atomic E-state index is -0.427. The molecule has 5 nitrogen and oxygen atoms in total. The SMILES string of the molecule is Cc1cc(C=O)ccc1-n1cc(B2OC(C)(C)C(C)(C)O2)cn1. The third-order valence-corrected chi connectivity index (χ3v) is 4.73. The van der Waals surface area contributed by atoms with Crippen LogP contribution in [0.4, 0.5) is 0 Å². The first-order valence-corrected chi connectivity index (χ1v) is 7.70. The molecule has 23 heavy (non-hydrogen) atoms. The zero-order chi connectivity index (χ0) is 16.8. The third-order valence-electron chi connectivity index (χ3n) is 4.73. The monoisotopic (exact) mass is 312 g/mol. The van der Waals surface area contributed by atoms with Gasteiger partial charge in [-0.1, -0.05) is 0 Å². The summed E-state index contributed by atoms with van der Waals surface area (Å²) in [6.45, 7) is 10.1. The molecule has 1 aromatic heterocycles. The molecule has 0 atom stereocenters. The summed E-state index contributed by atoms with van der Waals surface area (Å²) in [4.78, 5) is 10.9. The van der Waals surface area contributed by atoms with Gasteiger partial charge in [-0.05, 0) is 58.4 Å². The Morgan fingerprint density at radius 2 is 1.83 bits per heavy atom. The summed E-state index contributed by atoms with van der Waals surface area (Å²) < 4.78 is 13.9. The first-order valence-electron chi connectivity index (χ1n) is 7.70. The van der Waals surface area contributed by atoms with Crippen LogP contribution in [-0.2, 0) is 9.31 Å². The third kappa shape index (κ3) is 2.73. The van der Waals surface area contributed by atoms with Crippen molar-refractivity contribution in [3.05, 3.63) is 41.7 Å². The molecule has 2 heterocycles. The van der Waals surface area contributed by atoms with Crippen LogP contribution in [0.3, 0.4) is 0 Å². The molecule has 0 amide bonds. The normalized spacial score (nSPS) is 19.1. The van der Waals surface area contributed by atoms with E-state index in [1.165, 1.54) is 0 Å². The van der Waals surface area contributed by atoms with Gasteiger partial charge >= 0.3 is 7.12 Å². The number of carbonyl (C=O) groups excluding carboxylic acids is 1. The Morgan fingerprint density at radius 3 is 2.39 bits per heavy atom. The van der Waals surface area contributed by atoms with Crippen molar-refractivity contribution in [1.29, 1.82) is 0 Å². The molecule has 6 heteroatoms. The molecule has 1 aliphatic heterocycles. The van der Waals surface area contributed by atoms with Crippen molar-refractivity contribution in [1.82, 2.24) is 9.78 Å². The van der Waals surface area contributed by atoms with Gasteiger partial charge < -0.3 is 9.31 Å².